The van der Waals surface area contributed by atoms with E-state index in [2.05, 4.69) is 4.98 Å². The van der Waals surface area contributed by atoms with Crippen LogP contribution in [0.25, 0.3) is 0 Å². The zero-order chi connectivity index (χ0) is 20.4. The summed E-state index contributed by atoms with van der Waals surface area (Å²) in [7, 11) is 0. The molecule has 0 aliphatic carbocycles. The molecule has 9 nitrogen and oxygen atoms in total. The summed E-state index contributed by atoms with van der Waals surface area (Å²) in [5, 5.41) is 0. The summed E-state index contributed by atoms with van der Waals surface area (Å²) in [6.45, 7) is 10.8. The van der Waals surface area contributed by atoms with Gasteiger partial charge in [0.15, 0.2) is 0 Å². The van der Waals surface area contributed by atoms with Crippen LogP contribution in [0.15, 0.2) is 12.5 Å². The van der Waals surface area contributed by atoms with Gasteiger partial charge in [-0.2, -0.15) is 0 Å². The molecule has 0 bridgehead atoms. The maximum absolute atomic E-state index is 12.6. The van der Waals surface area contributed by atoms with Crippen LogP contribution >= 0.6 is 0 Å². The summed E-state index contributed by atoms with van der Waals surface area (Å²) in [6.07, 6.45) is 0.814. The first kappa shape index (κ1) is 20.9. The Hall–Kier alpha value is -2.42. The van der Waals surface area contributed by atoms with E-state index in [1.807, 2.05) is 0 Å². The summed E-state index contributed by atoms with van der Waals surface area (Å²) >= 11 is 0. The highest BCUT2D eigenvalue weighted by atomic mass is 16.6. The van der Waals surface area contributed by atoms with Crippen LogP contribution in [0, 0.1) is 0 Å². The van der Waals surface area contributed by atoms with Crippen LogP contribution in [-0.2, 0) is 25.4 Å². The number of ether oxygens (including phenoxy) is 3. The van der Waals surface area contributed by atoms with Crippen molar-refractivity contribution in [3.63, 3.8) is 0 Å². The van der Waals surface area contributed by atoms with Crippen molar-refractivity contribution in [3.05, 3.63) is 18.2 Å². The lowest BCUT2D eigenvalue weighted by molar-refractivity contribution is -0.151. The van der Waals surface area contributed by atoms with Crippen molar-refractivity contribution in [2.45, 2.75) is 65.3 Å². The molecule has 0 spiro atoms. The zero-order valence-corrected chi connectivity index (χ0v) is 16.6. The molecule has 1 aromatic rings. The first-order valence-corrected chi connectivity index (χ1v) is 8.78. The molecule has 2 amide bonds. The molecule has 27 heavy (non-hydrogen) atoms. The molecule has 1 aliphatic rings. The lowest BCUT2D eigenvalue weighted by Crippen LogP contribution is -2.52. The van der Waals surface area contributed by atoms with Gasteiger partial charge in [-0.3, -0.25) is 4.79 Å². The second-order valence-corrected chi connectivity index (χ2v) is 8.29. The van der Waals surface area contributed by atoms with E-state index in [4.69, 9.17) is 14.2 Å². The predicted octanol–water partition coefficient (Wildman–Crippen LogP) is 2.37. The Morgan fingerprint density at radius 3 is 2.33 bits per heavy atom. The van der Waals surface area contributed by atoms with Crippen LogP contribution in [0.1, 0.15) is 47.2 Å². The van der Waals surface area contributed by atoms with Gasteiger partial charge >= 0.3 is 12.2 Å². The smallest absolute Gasteiger partial charge is 0.419 e. The Morgan fingerprint density at radius 2 is 1.74 bits per heavy atom. The predicted molar refractivity (Wildman–Crippen MR) is 95.3 cm³/mol. The first-order chi connectivity index (χ1) is 12.4. The third-order valence-electron chi connectivity index (χ3n) is 3.42. The largest absolute Gasteiger partial charge is 0.443 e. The molecule has 2 heterocycles. The van der Waals surface area contributed by atoms with E-state index >= 15 is 0 Å². The molecule has 2 rings (SSSR count). The molecule has 0 N–H and O–H groups in total. The quantitative estimate of drug-likeness (QED) is 0.775. The topological polar surface area (TPSA) is 100.0 Å². The molecule has 0 radical (unpaired) electrons. The number of imide groups is 1. The molecule has 0 aromatic carbocycles. The molecule has 150 valence electrons. The molecule has 1 atom stereocenters. The van der Waals surface area contributed by atoms with E-state index in [1.165, 1.54) is 17.1 Å². The van der Waals surface area contributed by atoms with Gasteiger partial charge < -0.3 is 14.2 Å². The van der Waals surface area contributed by atoms with Crippen LogP contribution in [0.3, 0.4) is 0 Å². The summed E-state index contributed by atoms with van der Waals surface area (Å²) in [5.74, 6) is -0.484. The van der Waals surface area contributed by atoms with Crippen molar-refractivity contribution in [2.75, 3.05) is 13.2 Å². The van der Waals surface area contributed by atoms with Gasteiger partial charge in [0, 0.05) is 12.6 Å². The SMILES string of the molecule is CC(C)(C)OC(=O)N1CCO[C@@H](Cc2cn(C(=O)OC(C)(C)C)cn2)C1=O. The lowest BCUT2D eigenvalue weighted by atomic mass is 10.1. The second-order valence-electron chi connectivity index (χ2n) is 8.29. The number of morpholine rings is 1. The Labute approximate surface area is 158 Å². The van der Waals surface area contributed by atoms with E-state index in [-0.39, 0.29) is 19.6 Å². The Kier molecular flexibility index (Phi) is 5.94. The summed E-state index contributed by atoms with van der Waals surface area (Å²) in [4.78, 5) is 42.0. The number of hydrogen-bond acceptors (Lipinski definition) is 7. The van der Waals surface area contributed by atoms with E-state index in [1.54, 1.807) is 41.5 Å². The third kappa shape index (κ3) is 6.06. The van der Waals surface area contributed by atoms with Crippen molar-refractivity contribution in [1.82, 2.24) is 14.5 Å². The van der Waals surface area contributed by atoms with Crippen molar-refractivity contribution < 1.29 is 28.6 Å². The van der Waals surface area contributed by atoms with Crippen molar-refractivity contribution >= 4 is 18.1 Å². The van der Waals surface area contributed by atoms with Gasteiger partial charge in [0.25, 0.3) is 5.91 Å². The fourth-order valence-electron chi connectivity index (χ4n) is 2.36. The Morgan fingerprint density at radius 1 is 1.15 bits per heavy atom. The average molecular weight is 381 g/mol. The monoisotopic (exact) mass is 381 g/mol. The van der Waals surface area contributed by atoms with Gasteiger partial charge in [0.1, 0.15) is 23.6 Å². The van der Waals surface area contributed by atoms with Crippen LogP contribution in [-0.4, -0.2) is 63.0 Å². The van der Waals surface area contributed by atoms with Gasteiger partial charge in [-0.15, -0.1) is 0 Å². The van der Waals surface area contributed by atoms with Crippen LogP contribution < -0.4 is 0 Å². The minimum Gasteiger partial charge on any atom is -0.443 e. The van der Waals surface area contributed by atoms with Gasteiger partial charge in [-0.25, -0.2) is 24.0 Å². The van der Waals surface area contributed by atoms with E-state index in [9.17, 15) is 14.4 Å². The molecule has 1 aliphatic heterocycles. The summed E-state index contributed by atoms with van der Waals surface area (Å²) in [5.41, 5.74) is -0.847. The fourth-order valence-corrected chi connectivity index (χ4v) is 2.36. The maximum Gasteiger partial charge on any atom is 0.419 e. The molecular weight excluding hydrogens is 354 g/mol. The molecule has 0 unspecified atom stereocenters. The molecule has 0 saturated carbocycles. The highest BCUT2D eigenvalue weighted by Crippen LogP contribution is 2.17. The Balaban J connectivity index is 2.02. The number of amides is 2. The van der Waals surface area contributed by atoms with E-state index in [0.29, 0.717) is 5.69 Å². The number of nitrogens with zero attached hydrogens (tertiary/aromatic N) is 3. The summed E-state index contributed by atoms with van der Waals surface area (Å²) in [6, 6.07) is 0. The van der Waals surface area contributed by atoms with Crippen molar-refractivity contribution in [1.29, 1.82) is 0 Å². The molecular formula is C18H27N3O6. The molecule has 1 fully saturated rings. The Bertz CT molecular complexity index is 713. The number of imidazole rings is 1. The number of carbonyl (C=O) groups excluding carboxylic acids is 3. The van der Waals surface area contributed by atoms with Crippen molar-refractivity contribution in [3.8, 4) is 0 Å². The number of carbonyl (C=O) groups is 3. The normalized spacial score (nSPS) is 18.4. The van der Waals surface area contributed by atoms with Crippen LogP contribution in [0.5, 0.6) is 0 Å². The van der Waals surface area contributed by atoms with Crippen LogP contribution in [0.2, 0.25) is 0 Å². The minimum absolute atomic E-state index is 0.133. The van der Waals surface area contributed by atoms with E-state index in [0.717, 1.165) is 4.90 Å². The highest BCUT2D eigenvalue weighted by molar-refractivity contribution is 5.95. The maximum atomic E-state index is 12.6. The van der Waals surface area contributed by atoms with Gasteiger partial charge in [-0.1, -0.05) is 0 Å². The van der Waals surface area contributed by atoms with Crippen molar-refractivity contribution in [2.24, 2.45) is 0 Å². The van der Waals surface area contributed by atoms with Gasteiger partial charge in [-0.05, 0) is 41.5 Å². The van der Waals surface area contributed by atoms with E-state index < -0.39 is 35.4 Å². The fraction of sp³-hybridized carbons (Fsp3) is 0.667. The zero-order valence-electron chi connectivity index (χ0n) is 16.6. The lowest BCUT2D eigenvalue weighted by Gasteiger charge is -2.32. The molecule has 1 aromatic heterocycles. The minimum atomic E-state index is -0.867. The number of hydrogen-bond donors (Lipinski definition) is 0. The van der Waals surface area contributed by atoms with Gasteiger partial charge in [0.05, 0.1) is 18.8 Å². The number of rotatable bonds is 2. The summed E-state index contributed by atoms with van der Waals surface area (Å²) < 4.78 is 17.2. The highest BCUT2D eigenvalue weighted by Gasteiger charge is 2.36. The molecule has 1 saturated heterocycles. The standard InChI is InChI=1S/C18H27N3O6/c1-17(2,3)26-15(23)20-10-12(19-11-20)9-13-14(22)21(7-8-25-13)16(24)27-18(4,5)6/h10-11,13H,7-9H2,1-6H3/t13-/m0/s1. The number of aromatic nitrogens is 2. The third-order valence-corrected chi connectivity index (χ3v) is 3.42. The van der Waals surface area contributed by atoms with Gasteiger partial charge in [0.2, 0.25) is 0 Å². The first-order valence-electron chi connectivity index (χ1n) is 8.78. The second kappa shape index (κ2) is 7.67. The molecule has 9 heteroatoms. The average Bonchev–Trinajstić information content (AvgIpc) is 2.94. The van der Waals surface area contributed by atoms with Crippen LogP contribution in [0.4, 0.5) is 9.59 Å².